The van der Waals surface area contributed by atoms with Crippen LogP contribution in [0, 0.1) is 0 Å². The number of benzene rings is 1. The van der Waals surface area contributed by atoms with Crippen molar-refractivity contribution in [2.75, 3.05) is 31.1 Å². The van der Waals surface area contributed by atoms with Crippen LogP contribution < -0.4 is 4.90 Å². The minimum Gasteiger partial charge on any atom is -0.345 e. The SMILES string of the molecule is O=S(=O)(c1cc(Cl)ccc1Cl)N1CCN(c2nccs2)CC1. The molecule has 22 heavy (non-hydrogen) atoms. The van der Waals surface area contributed by atoms with Crippen LogP contribution in [0.15, 0.2) is 34.7 Å². The minimum atomic E-state index is -3.63. The monoisotopic (exact) mass is 377 g/mol. The fraction of sp³-hybridized carbons (Fsp3) is 0.308. The van der Waals surface area contributed by atoms with Crippen molar-refractivity contribution in [3.05, 3.63) is 39.8 Å². The Balaban J connectivity index is 1.79. The van der Waals surface area contributed by atoms with Gasteiger partial charge in [0.1, 0.15) is 4.90 Å². The first kappa shape index (κ1) is 16.0. The molecule has 5 nitrogen and oxygen atoms in total. The number of halogens is 2. The zero-order chi connectivity index (χ0) is 15.7. The Labute approximate surface area is 143 Å². The molecule has 2 aromatic rings. The third kappa shape index (κ3) is 3.09. The average Bonchev–Trinajstić information content (AvgIpc) is 3.04. The van der Waals surface area contributed by atoms with E-state index in [9.17, 15) is 8.42 Å². The second-order valence-electron chi connectivity index (χ2n) is 4.78. The van der Waals surface area contributed by atoms with Gasteiger partial charge in [0, 0.05) is 42.8 Å². The zero-order valence-corrected chi connectivity index (χ0v) is 14.6. The zero-order valence-electron chi connectivity index (χ0n) is 11.4. The summed E-state index contributed by atoms with van der Waals surface area (Å²) in [5.74, 6) is 0. The number of piperazine rings is 1. The van der Waals surface area contributed by atoms with Gasteiger partial charge in [-0.05, 0) is 18.2 Å². The van der Waals surface area contributed by atoms with E-state index >= 15 is 0 Å². The van der Waals surface area contributed by atoms with Crippen LogP contribution in [0.4, 0.5) is 5.13 Å². The molecular weight excluding hydrogens is 365 g/mol. The number of nitrogens with zero attached hydrogens (tertiary/aromatic N) is 3. The van der Waals surface area contributed by atoms with Gasteiger partial charge in [-0.1, -0.05) is 23.2 Å². The Morgan fingerprint density at radius 2 is 1.86 bits per heavy atom. The molecule has 2 heterocycles. The highest BCUT2D eigenvalue weighted by Crippen LogP contribution is 2.29. The van der Waals surface area contributed by atoms with Crippen molar-refractivity contribution in [2.24, 2.45) is 0 Å². The maximum atomic E-state index is 12.7. The van der Waals surface area contributed by atoms with Crippen LogP contribution in [0.25, 0.3) is 0 Å². The number of hydrogen-bond acceptors (Lipinski definition) is 5. The van der Waals surface area contributed by atoms with Crippen LogP contribution in [-0.2, 0) is 10.0 Å². The van der Waals surface area contributed by atoms with Gasteiger partial charge in [0.2, 0.25) is 10.0 Å². The molecule has 3 rings (SSSR count). The number of aromatic nitrogens is 1. The molecule has 1 saturated heterocycles. The molecule has 1 aromatic carbocycles. The van der Waals surface area contributed by atoms with Gasteiger partial charge in [-0.3, -0.25) is 0 Å². The van der Waals surface area contributed by atoms with Crippen molar-refractivity contribution in [3.63, 3.8) is 0 Å². The van der Waals surface area contributed by atoms with Crippen LogP contribution in [-0.4, -0.2) is 43.9 Å². The lowest BCUT2D eigenvalue weighted by atomic mass is 10.4. The summed E-state index contributed by atoms with van der Waals surface area (Å²) in [6.45, 7) is 1.99. The normalized spacial score (nSPS) is 16.9. The molecule has 1 fully saturated rings. The second kappa shape index (κ2) is 6.33. The number of hydrogen-bond donors (Lipinski definition) is 0. The lowest BCUT2D eigenvalue weighted by molar-refractivity contribution is 0.385. The van der Waals surface area contributed by atoms with Crippen molar-refractivity contribution in [1.29, 1.82) is 0 Å². The Hall–Kier alpha value is -0.860. The molecule has 0 radical (unpaired) electrons. The largest absolute Gasteiger partial charge is 0.345 e. The Bertz CT molecular complexity index is 758. The summed E-state index contributed by atoms with van der Waals surface area (Å²) in [6.07, 6.45) is 1.74. The minimum absolute atomic E-state index is 0.0596. The van der Waals surface area contributed by atoms with E-state index in [1.165, 1.54) is 16.4 Å². The van der Waals surface area contributed by atoms with Crippen LogP contribution in [0.3, 0.4) is 0 Å². The summed E-state index contributed by atoms with van der Waals surface area (Å²) in [4.78, 5) is 6.39. The highest BCUT2D eigenvalue weighted by Gasteiger charge is 2.30. The van der Waals surface area contributed by atoms with Gasteiger partial charge >= 0.3 is 0 Å². The molecule has 0 unspecified atom stereocenters. The molecule has 9 heteroatoms. The van der Waals surface area contributed by atoms with E-state index in [4.69, 9.17) is 23.2 Å². The Kier molecular flexibility index (Phi) is 4.61. The van der Waals surface area contributed by atoms with Crippen LogP contribution in [0.1, 0.15) is 0 Å². The van der Waals surface area contributed by atoms with Gasteiger partial charge in [-0.15, -0.1) is 11.3 Å². The number of thiazole rings is 1. The summed E-state index contributed by atoms with van der Waals surface area (Å²) in [5.41, 5.74) is 0. The van der Waals surface area contributed by atoms with Gasteiger partial charge in [0.25, 0.3) is 0 Å². The maximum Gasteiger partial charge on any atom is 0.244 e. The summed E-state index contributed by atoms with van der Waals surface area (Å²) in [7, 11) is -3.63. The average molecular weight is 378 g/mol. The Morgan fingerprint density at radius 1 is 1.14 bits per heavy atom. The predicted octanol–water partition coefficient (Wildman–Crippen LogP) is 2.96. The molecule has 0 N–H and O–H groups in total. The van der Waals surface area contributed by atoms with Crippen LogP contribution in [0.2, 0.25) is 10.0 Å². The summed E-state index contributed by atoms with van der Waals surface area (Å²) < 4.78 is 26.8. The van der Waals surface area contributed by atoms with E-state index in [-0.39, 0.29) is 9.92 Å². The first-order valence-corrected chi connectivity index (χ1v) is 9.66. The highest BCUT2D eigenvalue weighted by molar-refractivity contribution is 7.89. The summed E-state index contributed by atoms with van der Waals surface area (Å²) in [5, 5.41) is 3.36. The first-order valence-electron chi connectivity index (χ1n) is 6.58. The molecular formula is C13H13Cl2N3O2S2. The molecule has 0 aliphatic carbocycles. The Morgan fingerprint density at radius 3 is 2.50 bits per heavy atom. The maximum absolute atomic E-state index is 12.7. The van der Waals surface area contributed by atoms with Crippen molar-refractivity contribution in [3.8, 4) is 0 Å². The van der Waals surface area contributed by atoms with Crippen molar-refractivity contribution < 1.29 is 8.42 Å². The highest BCUT2D eigenvalue weighted by atomic mass is 35.5. The van der Waals surface area contributed by atoms with Gasteiger partial charge < -0.3 is 4.90 Å². The fourth-order valence-corrected chi connectivity index (χ4v) is 5.16. The predicted molar refractivity (Wildman–Crippen MR) is 89.5 cm³/mol. The van der Waals surface area contributed by atoms with Crippen molar-refractivity contribution >= 4 is 49.7 Å². The van der Waals surface area contributed by atoms with E-state index in [2.05, 4.69) is 9.88 Å². The topological polar surface area (TPSA) is 53.5 Å². The number of anilines is 1. The molecule has 118 valence electrons. The van der Waals surface area contributed by atoms with E-state index < -0.39 is 10.0 Å². The molecule has 0 atom stereocenters. The van der Waals surface area contributed by atoms with E-state index in [1.54, 1.807) is 23.6 Å². The molecule has 1 aliphatic heterocycles. The third-order valence-electron chi connectivity index (χ3n) is 3.44. The van der Waals surface area contributed by atoms with Crippen molar-refractivity contribution in [2.45, 2.75) is 4.90 Å². The van der Waals surface area contributed by atoms with Gasteiger partial charge in [0.15, 0.2) is 5.13 Å². The summed E-state index contributed by atoms with van der Waals surface area (Å²) in [6, 6.07) is 4.47. The van der Waals surface area contributed by atoms with Crippen LogP contribution >= 0.6 is 34.5 Å². The molecule has 1 aliphatic rings. The molecule has 0 amide bonds. The molecule has 0 spiro atoms. The quantitative estimate of drug-likeness (QED) is 0.824. The molecule has 0 saturated carbocycles. The van der Waals surface area contributed by atoms with E-state index in [0.29, 0.717) is 31.2 Å². The fourth-order valence-electron chi connectivity index (χ4n) is 2.31. The third-order valence-corrected chi connectivity index (χ3v) is 6.89. The van der Waals surface area contributed by atoms with Gasteiger partial charge in [0.05, 0.1) is 5.02 Å². The van der Waals surface area contributed by atoms with Crippen molar-refractivity contribution in [1.82, 2.24) is 9.29 Å². The van der Waals surface area contributed by atoms with E-state index in [0.717, 1.165) is 5.13 Å². The lowest BCUT2D eigenvalue weighted by Gasteiger charge is -2.33. The molecule has 1 aromatic heterocycles. The lowest BCUT2D eigenvalue weighted by Crippen LogP contribution is -2.48. The van der Waals surface area contributed by atoms with Gasteiger partial charge in [-0.25, -0.2) is 13.4 Å². The number of rotatable bonds is 3. The standard InChI is InChI=1S/C13H13Cl2N3O2S2/c14-10-1-2-11(15)12(9-10)22(19,20)18-6-4-17(5-7-18)13-16-3-8-21-13/h1-3,8-9H,4-7H2. The number of sulfonamides is 1. The summed E-state index contributed by atoms with van der Waals surface area (Å²) >= 11 is 13.5. The first-order chi connectivity index (χ1) is 10.5. The van der Waals surface area contributed by atoms with Crippen LogP contribution in [0.5, 0.6) is 0 Å². The second-order valence-corrected chi connectivity index (χ2v) is 8.40. The van der Waals surface area contributed by atoms with E-state index in [1.807, 2.05) is 5.38 Å². The smallest absolute Gasteiger partial charge is 0.244 e. The molecule has 0 bridgehead atoms. The van der Waals surface area contributed by atoms with Gasteiger partial charge in [-0.2, -0.15) is 4.31 Å².